The second-order valence-corrected chi connectivity index (χ2v) is 3.60. The number of nitrogens with one attached hydrogen (secondary N) is 2. The van der Waals surface area contributed by atoms with Gasteiger partial charge in [-0.05, 0) is 31.0 Å². The van der Waals surface area contributed by atoms with Crippen molar-refractivity contribution in [3.05, 3.63) is 29.8 Å². The highest BCUT2D eigenvalue weighted by Gasteiger charge is 2.00. The molecule has 0 bridgehead atoms. The summed E-state index contributed by atoms with van der Waals surface area (Å²) in [6.45, 7) is 3.26. The van der Waals surface area contributed by atoms with E-state index in [0.29, 0.717) is 13.2 Å². The van der Waals surface area contributed by atoms with Crippen molar-refractivity contribution in [2.24, 2.45) is 0 Å². The Hall–Kier alpha value is -1.55. The molecular formula is C12H18N2O2. The van der Waals surface area contributed by atoms with Crippen LogP contribution in [0, 0.1) is 6.92 Å². The molecule has 0 aromatic heterocycles. The third kappa shape index (κ3) is 4.79. The van der Waals surface area contributed by atoms with Gasteiger partial charge in [0, 0.05) is 25.9 Å². The zero-order valence-electron chi connectivity index (χ0n) is 9.75. The first-order chi connectivity index (χ1) is 7.72. The number of methoxy groups -OCH3 is 1. The highest BCUT2D eigenvalue weighted by atomic mass is 16.5. The molecule has 2 amide bonds. The van der Waals surface area contributed by atoms with Crippen LogP contribution < -0.4 is 10.6 Å². The fourth-order valence-electron chi connectivity index (χ4n) is 1.32. The lowest BCUT2D eigenvalue weighted by Gasteiger charge is -2.07. The summed E-state index contributed by atoms with van der Waals surface area (Å²) < 4.78 is 4.89. The van der Waals surface area contributed by atoms with Crippen LogP contribution >= 0.6 is 0 Å². The quantitative estimate of drug-likeness (QED) is 0.750. The predicted octanol–water partition coefficient (Wildman–Crippen LogP) is 2.15. The smallest absolute Gasteiger partial charge is 0.319 e. The first kappa shape index (κ1) is 12.5. The lowest BCUT2D eigenvalue weighted by Crippen LogP contribution is -2.30. The van der Waals surface area contributed by atoms with Gasteiger partial charge in [0.2, 0.25) is 0 Å². The van der Waals surface area contributed by atoms with Crippen LogP contribution in [0.2, 0.25) is 0 Å². The number of carbonyl (C=O) groups is 1. The second-order valence-electron chi connectivity index (χ2n) is 3.60. The number of hydrogen-bond donors (Lipinski definition) is 2. The molecule has 0 atom stereocenters. The van der Waals surface area contributed by atoms with E-state index in [1.54, 1.807) is 7.11 Å². The van der Waals surface area contributed by atoms with Gasteiger partial charge in [0.05, 0.1) is 0 Å². The first-order valence-electron chi connectivity index (χ1n) is 5.33. The third-order valence-corrected chi connectivity index (χ3v) is 2.09. The molecule has 0 aliphatic carbocycles. The van der Waals surface area contributed by atoms with Gasteiger partial charge in [-0.1, -0.05) is 12.1 Å². The number of benzene rings is 1. The molecule has 0 unspecified atom stereocenters. The normalized spacial score (nSPS) is 9.88. The Bertz CT molecular complexity index is 340. The number of urea groups is 1. The zero-order valence-corrected chi connectivity index (χ0v) is 9.75. The van der Waals surface area contributed by atoms with Crippen LogP contribution in [0.1, 0.15) is 12.0 Å². The molecule has 0 saturated carbocycles. The number of ether oxygens (including phenoxy) is 1. The number of anilines is 1. The monoisotopic (exact) mass is 222 g/mol. The van der Waals surface area contributed by atoms with Gasteiger partial charge in [-0.15, -0.1) is 0 Å². The van der Waals surface area contributed by atoms with E-state index in [0.717, 1.165) is 17.7 Å². The van der Waals surface area contributed by atoms with Crippen LogP contribution in [-0.4, -0.2) is 26.3 Å². The van der Waals surface area contributed by atoms with Gasteiger partial charge in [0.25, 0.3) is 0 Å². The summed E-state index contributed by atoms with van der Waals surface area (Å²) in [4.78, 5) is 11.4. The molecule has 4 nitrogen and oxygen atoms in total. The van der Waals surface area contributed by atoms with Crippen molar-refractivity contribution in [2.45, 2.75) is 13.3 Å². The van der Waals surface area contributed by atoms with Gasteiger partial charge in [-0.2, -0.15) is 0 Å². The fraction of sp³-hybridized carbons (Fsp3) is 0.417. The minimum absolute atomic E-state index is 0.179. The van der Waals surface area contributed by atoms with E-state index in [9.17, 15) is 4.79 Å². The van der Waals surface area contributed by atoms with Crippen molar-refractivity contribution in [3.63, 3.8) is 0 Å². The molecule has 1 aromatic rings. The number of rotatable bonds is 5. The molecule has 0 spiro atoms. The minimum atomic E-state index is -0.179. The molecule has 0 aliphatic rings. The van der Waals surface area contributed by atoms with E-state index < -0.39 is 0 Å². The Morgan fingerprint density at radius 1 is 1.44 bits per heavy atom. The van der Waals surface area contributed by atoms with Crippen LogP contribution in [-0.2, 0) is 4.74 Å². The standard InChI is InChI=1S/C12H18N2O2/c1-10-5-3-6-11(9-10)14-12(15)13-7-4-8-16-2/h3,5-6,9H,4,7-8H2,1-2H3,(H2,13,14,15). The summed E-state index contributed by atoms with van der Waals surface area (Å²) in [6.07, 6.45) is 0.817. The van der Waals surface area contributed by atoms with Crippen LogP contribution in [0.25, 0.3) is 0 Å². The summed E-state index contributed by atoms with van der Waals surface area (Å²) in [6, 6.07) is 7.51. The Balaban J connectivity index is 2.29. The average Bonchev–Trinajstić information content (AvgIpc) is 2.24. The summed E-state index contributed by atoms with van der Waals surface area (Å²) in [5.74, 6) is 0. The molecule has 0 fully saturated rings. The molecular weight excluding hydrogens is 204 g/mol. The second kappa shape index (κ2) is 6.85. The summed E-state index contributed by atoms with van der Waals surface area (Å²) in [7, 11) is 1.65. The fourth-order valence-corrected chi connectivity index (χ4v) is 1.32. The Labute approximate surface area is 96.0 Å². The van der Waals surface area contributed by atoms with E-state index in [1.807, 2.05) is 31.2 Å². The highest BCUT2D eigenvalue weighted by molar-refractivity contribution is 5.89. The van der Waals surface area contributed by atoms with E-state index >= 15 is 0 Å². The first-order valence-corrected chi connectivity index (χ1v) is 5.33. The largest absolute Gasteiger partial charge is 0.385 e. The minimum Gasteiger partial charge on any atom is -0.385 e. The number of hydrogen-bond acceptors (Lipinski definition) is 2. The number of amides is 2. The Kier molecular flexibility index (Phi) is 5.36. The Morgan fingerprint density at radius 3 is 2.94 bits per heavy atom. The highest BCUT2D eigenvalue weighted by Crippen LogP contribution is 2.08. The van der Waals surface area contributed by atoms with Crippen molar-refractivity contribution < 1.29 is 9.53 Å². The lowest BCUT2D eigenvalue weighted by molar-refractivity contribution is 0.194. The third-order valence-electron chi connectivity index (χ3n) is 2.09. The SMILES string of the molecule is COCCCNC(=O)Nc1cccc(C)c1. The molecule has 0 heterocycles. The maximum absolute atomic E-state index is 11.4. The molecule has 0 aliphatic heterocycles. The van der Waals surface area contributed by atoms with E-state index in [1.165, 1.54) is 0 Å². The maximum atomic E-state index is 11.4. The van der Waals surface area contributed by atoms with Gasteiger partial charge in [0.15, 0.2) is 0 Å². The maximum Gasteiger partial charge on any atom is 0.319 e. The van der Waals surface area contributed by atoms with Crippen LogP contribution in [0.3, 0.4) is 0 Å². The molecule has 88 valence electrons. The van der Waals surface area contributed by atoms with Crippen LogP contribution in [0.4, 0.5) is 10.5 Å². The summed E-state index contributed by atoms with van der Waals surface area (Å²) in [5.41, 5.74) is 1.93. The van der Waals surface area contributed by atoms with Crippen molar-refractivity contribution in [3.8, 4) is 0 Å². The van der Waals surface area contributed by atoms with Gasteiger partial charge >= 0.3 is 6.03 Å². The van der Waals surface area contributed by atoms with E-state index in [-0.39, 0.29) is 6.03 Å². The molecule has 0 saturated heterocycles. The molecule has 4 heteroatoms. The summed E-state index contributed by atoms with van der Waals surface area (Å²) >= 11 is 0. The van der Waals surface area contributed by atoms with Gasteiger partial charge < -0.3 is 15.4 Å². The van der Waals surface area contributed by atoms with Crippen LogP contribution in [0.5, 0.6) is 0 Å². The molecule has 1 rings (SSSR count). The van der Waals surface area contributed by atoms with Crippen molar-refractivity contribution in [2.75, 3.05) is 25.6 Å². The zero-order chi connectivity index (χ0) is 11.8. The van der Waals surface area contributed by atoms with Gasteiger partial charge in [0.1, 0.15) is 0 Å². The van der Waals surface area contributed by atoms with Crippen molar-refractivity contribution >= 4 is 11.7 Å². The van der Waals surface area contributed by atoms with Gasteiger partial charge in [-0.25, -0.2) is 4.79 Å². The molecule has 0 radical (unpaired) electrons. The molecule has 2 N–H and O–H groups in total. The van der Waals surface area contributed by atoms with E-state index in [2.05, 4.69) is 10.6 Å². The predicted molar refractivity (Wildman–Crippen MR) is 64.7 cm³/mol. The topological polar surface area (TPSA) is 50.4 Å². The van der Waals surface area contributed by atoms with Gasteiger partial charge in [-0.3, -0.25) is 0 Å². The lowest BCUT2D eigenvalue weighted by atomic mass is 10.2. The van der Waals surface area contributed by atoms with Crippen LogP contribution in [0.15, 0.2) is 24.3 Å². The van der Waals surface area contributed by atoms with Crippen molar-refractivity contribution in [1.82, 2.24) is 5.32 Å². The molecule has 16 heavy (non-hydrogen) atoms. The number of aryl methyl sites for hydroxylation is 1. The average molecular weight is 222 g/mol. The summed E-state index contributed by atoms with van der Waals surface area (Å²) in [5, 5.41) is 5.52. The Morgan fingerprint density at radius 2 is 2.25 bits per heavy atom. The van der Waals surface area contributed by atoms with Crippen molar-refractivity contribution in [1.29, 1.82) is 0 Å². The molecule has 1 aromatic carbocycles. The van der Waals surface area contributed by atoms with E-state index in [4.69, 9.17) is 4.74 Å². The number of carbonyl (C=O) groups excluding carboxylic acids is 1.